The molecule has 1 aromatic carbocycles. The topological polar surface area (TPSA) is 76.4 Å². The van der Waals surface area contributed by atoms with Crippen LogP contribution in [0.2, 0.25) is 0 Å². The average molecular weight is 249 g/mol. The van der Waals surface area contributed by atoms with Crippen molar-refractivity contribution in [3.8, 4) is 5.75 Å². The van der Waals surface area contributed by atoms with Crippen molar-refractivity contribution in [2.24, 2.45) is 11.7 Å². The molecular formula is C13H19N3O2. The van der Waals surface area contributed by atoms with E-state index in [1.54, 1.807) is 13.2 Å². The van der Waals surface area contributed by atoms with Crippen LogP contribution in [0.25, 0.3) is 0 Å². The van der Waals surface area contributed by atoms with Crippen molar-refractivity contribution in [1.29, 1.82) is 0 Å². The zero-order valence-corrected chi connectivity index (χ0v) is 10.5. The number of amides is 2. The highest BCUT2D eigenvalue weighted by molar-refractivity contribution is 5.89. The Hall–Kier alpha value is -1.75. The Labute approximate surface area is 107 Å². The molecule has 2 amide bonds. The first-order valence-corrected chi connectivity index (χ1v) is 6.14. The Balaban J connectivity index is 1.89. The van der Waals surface area contributed by atoms with Gasteiger partial charge in [0.25, 0.3) is 0 Å². The summed E-state index contributed by atoms with van der Waals surface area (Å²) < 4.78 is 5.10. The second kappa shape index (κ2) is 5.73. The fourth-order valence-corrected chi connectivity index (χ4v) is 1.90. The Kier molecular flexibility index (Phi) is 4.04. The van der Waals surface area contributed by atoms with Gasteiger partial charge in [-0.15, -0.1) is 0 Å². The number of anilines is 1. The molecular weight excluding hydrogens is 230 g/mol. The summed E-state index contributed by atoms with van der Waals surface area (Å²) in [5, 5.41) is 5.68. The van der Waals surface area contributed by atoms with Gasteiger partial charge in [0.15, 0.2) is 0 Å². The third kappa shape index (κ3) is 3.37. The minimum atomic E-state index is -0.217. The Morgan fingerprint density at radius 2 is 2.33 bits per heavy atom. The second-order valence-electron chi connectivity index (χ2n) is 4.51. The Morgan fingerprint density at radius 3 is 2.94 bits per heavy atom. The number of nitrogens with two attached hydrogens (primary N) is 1. The minimum absolute atomic E-state index is 0.0793. The highest BCUT2D eigenvalue weighted by Crippen LogP contribution is 2.32. The van der Waals surface area contributed by atoms with Crippen LogP contribution in [-0.4, -0.2) is 25.7 Å². The van der Waals surface area contributed by atoms with E-state index < -0.39 is 0 Å². The molecule has 1 saturated carbocycles. The van der Waals surface area contributed by atoms with Crippen molar-refractivity contribution in [1.82, 2.24) is 5.32 Å². The number of hydrogen-bond acceptors (Lipinski definition) is 3. The van der Waals surface area contributed by atoms with Crippen LogP contribution in [0.3, 0.4) is 0 Å². The summed E-state index contributed by atoms with van der Waals surface area (Å²) in [4.78, 5) is 11.8. The van der Waals surface area contributed by atoms with E-state index in [-0.39, 0.29) is 12.1 Å². The normalized spacial score (nSPS) is 15.9. The van der Waals surface area contributed by atoms with Crippen molar-refractivity contribution in [2.75, 3.05) is 19.0 Å². The molecule has 1 aliphatic carbocycles. The number of benzene rings is 1. The lowest BCUT2D eigenvalue weighted by Gasteiger charge is -2.16. The zero-order chi connectivity index (χ0) is 13.0. The molecule has 0 aliphatic heterocycles. The van der Waals surface area contributed by atoms with Gasteiger partial charge in [-0.3, -0.25) is 0 Å². The van der Waals surface area contributed by atoms with Crippen molar-refractivity contribution >= 4 is 11.7 Å². The molecule has 0 aromatic heterocycles. The molecule has 0 bridgehead atoms. The Bertz CT molecular complexity index is 418. The van der Waals surface area contributed by atoms with E-state index in [0.717, 1.165) is 12.8 Å². The predicted octanol–water partition coefficient (Wildman–Crippen LogP) is 1.55. The zero-order valence-electron chi connectivity index (χ0n) is 10.5. The van der Waals surface area contributed by atoms with Gasteiger partial charge in [0.05, 0.1) is 7.11 Å². The first-order chi connectivity index (χ1) is 8.72. The molecule has 0 spiro atoms. The third-order valence-corrected chi connectivity index (χ3v) is 3.09. The van der Waals surface area contributed by atoms with Gasteiger partial charge in [0.2, 0.25) is 0 Å². The molecule has 1 aromatic rings. The van der Waals surface area contributed by atoms with Crippen LogP contribution in [0.15, 0.2) is 24.3 Å². The highest BCUT2D eigenvalue weighted by Gasteiger charge is 2.31. The van der Waals surface area contributed by atoms with Gasteiger partial charge < -0.3 is 21.1 Å². The third-order valence-electron chi connectivity index (χ3n) is 3.09. The van der Waals surface area contributed by atoms with Crippen LogP contribution in [0, 0.1) is 5.92 Å². The highest BCUT2D eigenvalue weighted by atomic mass is 16.5. The maximum Gasteiger partial charge on any atom is 0.319 e. The number of nitrogens with one attached hydrogen (secondary N) is 2. The van der Waals surface area contributed by atoms with E-state index in [0.29, 0.717) is 23.9 Å². The maximum atomic E-state index is 11.8. The van der Waals surface area contributed by atoms with Gasteiger partial charge in [-0.2, -0.15) is 0 Å². The van der Waals surface area contributed by atoms with Crippen LogP contribution in [0.1, 0.15) is 12.8 Å². The van der Waals surface area contributed by atoms with Crippen LogP contribution in [0.4, 0.5) is 10.5 Å². The second-order valence-corrected chi connectivity index (χ2v) is 4.51. The lowest BCUT2D eigenvalue weighted by atomic mass is 10.2. The van der Waals surface area contributed by atoms with Gasteiger partial charge in [-0.05, 0) is 30.9 Å². The molecule has 0 radical (unpaired) electrons. The van der Waals surface area contributed by atoms with E-state index >= 15 is 0 Å². The number of urea groups is 1. The molecule has 2 rings (SSSR count). The molecule has 0 saturated heterocycles. The standard InChI is InChI=1S/C13H19N3O2/c1-18-11-4-2-3-10(7-11)15-13(17)16-12(8-14)9-5-6-9/h2-4,7,9,12H,5-6,8,14H2,1H3,(H2,15,16,17). The average Bonchev–Trinajstić information content (AvgIpc) is 3.20. The summed E-state index contributed by atoms with van der Waals surface area (Å²) in [6.45, 7) is 0.482. The van der Waals surface area contributed by atoms with Crippen LogP contribution in [-0.2, 0) is 0 Å². The van der Waals surface area contributed by atoms with Crippen LogP contribution < -0.4 is 21.1 Å². The summed E-state index contributed by atoms with van der Waals surface area (Å²) in [5.74, 6) is 1.26. The number of methoxy groups -OCH3 is 1. The van der Waals surface area contributed by atoms with Crippen LogP contribution in [0.5, 0.6) is 5.75 Å². The molecule has 4 N–H and O–H groups in total. The molecule has 1 fully saturated rings. The first-order valence-electron chi connectivity index (χ1n) is 6.14. The van der Waals surface area contributed by atoms with E-state index in [2.05, 4.69) is 10.6 Å². The van der Waals surface area contributed by atoms with E-state index in [4.69, 9.17) is 10.5 Å². The van der Waals surface area contributed by atoms with Crippen molar-refractivity contribution in [2.45, 2.75) is 18.9 Å². The maximum absolute atomic E-state index is 11.8. The van der Waals surface area contributed by atoms with E-state index in [9.17, 15) is 4.79 Å². The smallest absolute Gasteiger partial charge is 0.319 e. The summed E-state index contributed by atoms with van der Waals surface area (Å²) in [6, 6.07) is 7.11. The lowest BCUT2D eigenvalue weighted by molar-refractivity contribution is 0.247. The quantitative estimate of drug-likeness (QED) is 0.741. The number of hydrogen-bond donors (Lipinski definition) is 3. The first kappa shape index (κ1) is 12.7. The summed E-state index contributed by atoms with van der Waals surface area (Å²) in [5.41, 5.74) is 6.35. The monoisotopic (exact) mass is 249 g/mol. The van der Waals surface area contributed by atoms with Crippen molar-refractivity contribution < 1.29 is 9.53 Å². The van der Waals surface area contributed by atoms with E-state index in [1.807, 2.05) is 18.2 Å². The summed E-state index contributed by atoms with van der Waals surface area (Å²) in [6.07, 6.45) is 2.31. The van der Waals surface area contributed by atoms with Gasteiger partial charge >= 0.3 is 6.03 Å². The summed E-state index contributed by atoms with van der Waals surface area (Å²) in [7, 11) is 1.59. The molecule has 1 unspecified atom stereocenters. The molecule has 1 atom stereocenters. The number of carbonyl (C=O) groups excluding carboxylic acids is 1. The predicted molar refractivity (Wildman–Crippen MR) is 70.7 cm³/mol. The fraction of sp³-hybridized carbons (Fsp3) is 0.462. The molecule has 5 nitrogen and oxygen atoms in total. The molecule has 0 heterocycles. The van der Waals surface area contributed by atoms with Crippen LogP contribution >= 0.6 is 0 Å². The van der Waals surface area contributed by atoms with Crippen molar-refractivity contribution in [3.63, 3.8) is 0 Å². The number of rotatable bonds is 5. The Morgan fingerprint density at radius 1 is 1.56 bits per heavy atom. The molecule has 5 heteroatoms. The van der Waals surface area contributed by atoms with E-state index in [1.165, 1.54) is 0 Å². The van der Waals surface area contributed by atoms with Gasteiger partial charge in [0.1, 0.15) is 5.75 Å². The minimum Gasteiger partial charge on any atom is -0.497 e. The summed E-state index contributed by atoms with van der Waals surface area (Å²) >= 11 is 0. The molecule has 18 heavy (non-hydrogen) atoms. The van der Waals surface area contributed by atoms with Crippen molar-refractivity contribution in [3.05, 3.63) is 24.3 Å². The van der Waals surface area contributed by atoms with Gasteiger partial charge in [-0.25, -0.2) is 4.79 Å². The largest absolute Gasteiger partial charge is 0.497 e. The van der Waals surface area contributed by atoms with Gasteiger partial charge in [-0.1, -0.05) is 6.07 Å². The fourth-order valence-electron chi connectivity index (χ4n) is 1.90. The van der Waals surface area contributed by atoms with Gasteiger partial charge in [0, 0.05) is 24.3 Å². The SMILES string of the molecule is COc1cccc(NC(=O)NC(CN)C2CC2)c1. The number of carbonyl (C=O) groups is 1. The number of ether oxygens (including phenoxy) is 1. The lowest BCUT2D eigenvalue weighted by Crippen LogP contribution is -2.43. The molecule has 1 aliphatic rings. The molecule has 98 valence electrons.